The molecule has 1 saturated heterocycles. The Kier molecular flexibility index (Phi) is 4.34. The van der Waals surface area contributed by atoms with Crippen molar-refractivity contribution >= 4 is 12.0 Å². The van der Waals surface area contributed by atoms with E-state index in [0.29, 0.717) is 12.5 Å². The van der Waals surface area contributed by atoms with Gasteiger partial charge in [0.25, 0.3) is 0 Å². The van der Waals surface area contributed by atoms with Gasteiger partial charge in [-0.05, 0) is 12.8 Å². The first kappa shape index (κ1) is 13.8. The Labute approximate surface area is 101 Å². The third-order valence-electron chi connectivity index (χ3n) is 2.92. The number of rotatable bonds is 4. The van der Waals surface area contributed by atoms with Crippen LogP contribution in [0.4, 0.5) is 4.79 Å². The van der Waals surface area contributed by atoms with Gasteiger partial charge in [-0.25, -0.2) is 4.79 Å². The number of amides is 2. The molecule has 1 rings (SSSR count). The van der Waals surface area contributed by atoms with Crippen LogP contribution in [0, 0.1) is 11.3 Å². The SMILES string of the molecule is CC(C)CNC(=O)NC1COCC1(C)C(=O)O. The molecule has 1 aliphatic heterocycles. The first-order valence-corrected chi connectivity index (χ1v) is 5.71. The largest absolute Gasteiger partial charge is 0.481 e. The van der Waals surface area contributed by atoms with E-state index in [9.17, 15) is 9.59 Å². The maximum Gasteiger partial charge on any atom is 0.315 e. The molecule has 0 aliphatic carbocycles. The summed E-state index contributed by atoms with van der Waals surface area (Å²) in [6.07, 6.45) is 0. The molecule has 3 N–H and O–H groups in total. The van der Waals surface area contributed by atoms with Crippen LogP contribution in [0.5, 0.6) is 0 Å². The molecule has 1 aliphatic rings. The second kappa shape index (κ2) is 5.35. The van der Waals surface area contributed by atoms with E-state index in [2.05, 4.69) is 10.6 Å². The molecule has 2 unspecified atom stereocenters. The van der Waals surface area contributed by atoms with E-state index in [-0.39, 0.29) is 19.2 Å². The Balaban J connectivity index is 2.50. The van der Waals surface area contributed by atoms with Gasteiger partial charge in [0.15, 0.2) is 0 Å². The highest BCUT2D eigenvalue weighted by Gasteiger charge is 2.47. The molecule has 0 aromatic rings. The molecule has 0 bridgehead atoms. The summed E-state index contributed by atoms with van der Waals surface area (Å²) in [5, 5.41) is 14.5. The molecule has 0 aromatic heterocycles. The fourth-order valence-corrected chi connectivity index (χ4v) is 1.59. The van der Waals surface area contributed by atoms with Crippen molar-refractivity contribution in [3.8, 4) is 0 Å². The van der Waals surface area contributed by atoms with Gasteiger partial charge in [0.2, 0.25) is 0 Å². The Morgan fingerprint density at radius 3 is 2.71 bits per heavy atom. The minimum atomic E-state index is -1.05. The van der Waals surface area contributed by atoms with Crippen molar-refractivity contribution in [2.45, 2.75) is 26.8 Å². The van der Waals surface area contributed by atoms with E-state index in [1.54, 1.807) is 6.92 Å². The summed E-state index contributed by atoms with van der Waals surface area (Å²) in [5.74, 6) is -0.601. The summed E-state index contributed by atoms with van der Waals surface area (Å²) in [7, 11) is 0. The predicted molar refractivity (Wildman–Crippen MR) is 61.7 cm³/mol. The quantitative estimate of drug-likeness (QED) is 0.669. The summed E-state index contributed by atoms with van der Waals surface area (Å²) in [6.45, 7) is 6.47. The zero-order chi connectivity index (χ0) is 13.1. The lowest BCUT2D eigenvalue weighted by atomic mass is 9.85. The van der Waals surface area contributed by atoms with Gasteiger partial charge in [-0.1, -0.05) is 13.8 Å². The highest BCUT2D eigenvalue weighted by atomic mass is 16.5. The van der Waals surface area contributed by atoms with Crippen LogP contribution in [0.3, 0.4) is 0 Å². The Hall–Kier alpha value is -1.30. The third kappa shape index (κ3) is 3.33. The Bertz CT molecular complexity index is 306. The molecular formula is C11H20N2O4. The number of hydrogen-bond acceptors (Lipinski definition) is 3. The summed E-state index contributed by atoms with van der Waals surface area (Å²) >= 11 is 0. The lowest BCUT2D eigenvalue weighted by molar-refractivity contribution is -0.148. The van der Waals surface area contributed by atoms with Crippen molar-refractivity contribution in [3.63, 3.8) is 0 Å². The van der Waals surface area contributed by atoms with Crippen molar-refractivity contribution < 1.29 is 19.4 Å². The molecule has 17 heavy (non-hydrogen) atoms. The molecule has 98 valence electrons. The van der Waals surface area contributed by atoms with Crippen molar-refractivity contribution in [1.29, 1.82) is 0 Å². The van der Waals surface area contributed by atoms with Crippen molar-refractivity contribution in [2.75, 3.05) is 19.8 Å². The zero-order valence-corrected chi connectivity index (χ0v) is 10.4. The second-order valence-electron chi connectivity index (χ2n) is 5.04. The number of aliphatic carboxylic acids is 1. The van der Waals surface area contributed by atoms with Crippen LogP contribution in [0.2, 0.25) is 0 Å². The van der Waals surface area contributed by atoms with Crippen LogP contribution in [-0.2, 0) is 9.53 Å². The van der Waals surface area contributed by atoms with Gasteiger partial charge >= 0.3 is 12.0 Å². The smallest absolute Gasteiger partial charge is 0.315 e. The van der Waals surface area contributed by atoms with Crippen LogP contribution in [0.1, 0.15) is 20.8 Å². The normalized spacial score (nSPS) is 28.1. The van der Waals surface area contributed by atoms with E-state index >= 15 is 0 Å². The van der Waals surface area contributed by atoms with Crippen LogP contribution < -0.4 is 10.6 Å². The molecule has 0 radical (unpaired) electrons. The van der Waals surface area contributed by atoms with E-state index in [0.717, 1.165) is 0 Å². The summed E-state index contributed by atoms with van der Waals surface area (Å²) in [5.41, 5.74) is -1.05. The molecule has 6 heteroatoms. The highest BCUT2D eigenvalue weighted by molar-refractivity contribution is 5.79. The first-order chi connectivity index (χ1) is 7.86. The number of carbonyl (C=O) groups excluding carboxylic acids is 1. The average molecular weight is 244 g/mol. The molecule has 0 aromatic carbocycles. The minimum absolute atomic E-state index is 0.122. The van der Waals surface area contributed by atoms with E-state index in [4.69, 9.17) is 9.84 Å². The van der Waals surface area contributed by atoms with Crippen LogP contribution in [-0.4, -0.2) is 42.9 Å². The molecule has 1 heterocycles. The molecular weight excluding hydrogens is 224 g/mol. The molecule has 2 amide bonds. The van der Waals surface area contributed by atoms with Gasteiger partial charge < -0.3 is 20.5 Å². The number of carboxylic acids is 1. The van der Waals surface area contributed by atoms with Crippen LogP contribution >= 0.6 is 0 Å². The predicted octanol–water partition coefficient (Wildman–Crippen LogP) is 0.431. The number of urea groups is 1. The fourth-order valence-electron chi connectivity index (χ4n) is 1.59. The summed E-state index contributed by atoms with van der Waals surface area (Å²) in [6, 6.07) is -0.839. The molecule has 2 atom stereocenters. The van der Waals surface area contributed by atoms with Crippen LogP contribution in [0.25, 0.3) is 0 Å². The lowest BCUT2D eigenvalue weighted by Gasteiger charge is -2.25. The second-order valence-corrected chi connectivity index (χ2v) is 5.04. The summed E-state index contributed by atoms with van der Waals surface area (Å²) < 4.78 is 5.14. The van der Waals surface area contributed by atoms with E-state index in [1.807, 2.05) is 13.8 Å². The van der Waals surface area contributed by atoms with Crippen LogP contribution in [0.15, 0.2) is 0 Å². The van der Waals surface area contributed by atoms with Gasteiger partial charge in [0.1, 0.15) is 5.41 Å². The highest BCUT2D eigenvalue weighted by Crippen LogP contribution is 2.28. The first-order valence-electron chi connectivity index (χ1n) is 5.71. The molecule has 6 nitrogen and oxygen atoms in total. The average Bonchev–Trinajstić information content (AvgIpc) is 2.59. The molecule has 1 fully saturated rings. The molecule has 0 spiro atoms. The number of nitrogens with one attached hydrogen (secondary N) is 2. The number of ether oxygens (including phenoxy) is 1. The Morgan fingerprint density at radius 1 is 1.53 bits per heavy atom. The van der Waals surface area contributed by atoms with Crippen molar-refractivity contribution in [2.24, 2.45) is 11.3 Å². The van der Waals surface area contributed by atoms with Gasteiger partial charge in [0, 0.05) is 6.54 Å². The fraction of sp³-hybridized carbons (Fsp3) is 0.818. The monoisotopic (exact) mass is 244 g/mol. The van der Waals surface area contributed by atoms with Gasteiger partial charge in [-0.3, -0.25) is 4.79 Å². The van der Waals surface area contributed by atoms with E-state index < -0.39 is 17.4 Å². The number of carbonyl (C=O) groups is 2. The minimum Gasteiger partial charge on any atom is -0.481 e. The molecule has 0 saturated carbocycles. The summed E-state index contributed by atoms with van der Waals surface area (Å²) in [4.78, 5) is 22.7. The number of hydrogen-bond donors (Lipinski definition) is 3. The van der Waals surface area contributed by atoms with E-state index in [1.165, 1.54) is 0 Å². The topological polar surface area (TPSA) is 87.7 Å². The standard InChI is InChI=1S/C11H20N2O4/c1-7(2)4-12-10(16)13-8-5-17-6-11(8,3)9(14)15/h7-8H,4-6H2,1-3H3,(H,14,15)(H2,12,13,16). The lowest BCUT2D eigenvalue weighted by Crippen LogP contribution is -2.52. The zero-order valence-electron chi connectivity index (χ0n) is 10.4. The van der Waals surface area contributed by atoms with Gasteiger partial charge in [-0.2, -0.15) is 0 Å². The maximum atomic E-state index is 11.5. The third-order valence-corrected chi connectivity index (χ3v) is 2.92. The van der Waals surface area contributed by atoms with Gasteiger partial charge in [-0.15, -0.1) is 0 Å². The number of carboxylic acid groups (broad SMARTS) is 1. The van der Waals surface area contributed by atoms with Crippen molar-refractivity contribution in [3.05, 3.63) is 0 Å². The maximum absolute atomic E-state index is 11.5. The van der Waals surface area contributed by atoms with Gasteiger partial charge in [0.05, 0.1) is 19.3 Å². The van der Waals surface area contributed by atoms with Crippen molar-refractivity contribution in [1.82, 2.24) is 10.6 Å². The Morgan fingerprint density at radius 2 is 2.18 bits per heavy atom.